The molecule has 388 valence electrons. The van der Waals surface area contributed by atoms with E-state index >= 15 is 0 Å². The summed E-state index contributed by atoms with van der Waals surface area (Å²) in [4.78, 5) is 55.3. The van der Waals surface area contributed by atoms with Crippen LogP contribution in [0.4, 0.5) is 31.5 Å². The van der Waals surface area contributed by atoms with Gasteiger partial charge >= 0.3 is 30.8 Å². The van der Waals surface area contributed by atoms with E-state index in [2.05, 4.69) is 10.6 Å². The van der Waals surface area contributed by atoms with Crippen LogP contribution in [0, 0.1) is 11.6 Å². The second-order valence-corrected chi connectivity index (χ2v) is 17.7. The van der Waals surface area contributed by atoms with Gasteiger partial charge in [0.05, 0.1) is 31.1 Å². The second-order valence-electron chi connectivity index (χ2n) is 17.7. The van der Waals surface area contributed by atoms with Gasteiger partial charge in [-0.05, 0) is 103 Å². The standard InChI is InChI=1S/C32H27FN2O4.C30H23FN2O4.Li.H2O/c1-3-38-32(37)30-26-18-25(21-10-6-4-7-11-21)27(34-29(36)20-35(2)24-12-8-5-9-13-24)19-28(26)39-31(30)22-14-16-23(33)17-15-22;1-33(22-10-6-3-7-11-22)18-27(34)32-25-17-26-24(16-23(25)19-8-4-2-5-9-19)28(30(35)36)29(37-26)20-12-14-21(31)15-13-20;;/h4-19H,3,20H2,1-2H3,(H,34,36);2-17H,18H2,1H3,(H,32,34)(H,35,36);;1H2/q;;+1;/p-1. The SMILES string of the molecule is CCOC(=O)c1c(-c2ccc(F)cc2)oc2cc(NC(=O)CN(C)c3ccccc3)c(-c3ccccc3)cc12.CN(CC(=O)Nc1cc2oc(-c3ccc(F)cc3)c(C(=O)O)c2cc1-c1ccccc1)c1ccccc1.[Li+].[OH-]. The number of carbonyl (C=O) groups is 4. The number of benzene rings is 8. The zero-order chi connectivity index (χ0) is 53.3. The fourth-order valence-electron chi connectivity index (χ4n) is 8.79. The number of nitrogens with zero attached hydrogens (tertiary/aromatic N) is 2. The number of fused-ring (bicyclic) bond motifs is 2. The normalized spacial score (nSPS) is 10.6. The number of anilines is 4. The Morgan fingerprint density at radius 1 is 0.513 bits per heavy atom. The monoisotopic (exact) mass is 1040 g/mol. The Balaban J connectivity index is 0.000000221. The topological polar surface area (TPSA) is 185 Å². The predicted octanol–water partition coefficient (Wildman–Crippen LogP) is 10.7. The van der Waals surface area contributed by atoms with E-state index in [0.717, 1.165) is 28.1 Å². The summed E-state index contributed by atoms with van der Waals surface area (Å²) in [6.07, 6.45) is 0. The summed E-state index contributed by atoms with van der Waals surface area (Å²) in [6.45, 7) is 2.15. The third-order valence-electron chi connectivity index (χ3n) is 12.4. The first kappa shape index (κ1) is 56.5. The van der Waals surface area contributed by atoms with E-state index < -0.39 is 23.6 Å². The molecule has 4 N–H and O–H groups in total. The van der Waals surface area contributed by atoms with Gasteiger partial charge in [-0.25, -0.2) is 18.4 Å². The van der Waals surface area contributed by atoms with Crippen molar-refractivity contribution in [1.29, 1.82) is 0 Å². The Kier molecular flexibility index (Phi) is 18.5. The molecule has 0 aliphatic rings. The Morgan fingerprint density at radius 2 is 0.872 bits per heavy atom. The van der Waals surface area contributed by atoms with Gasteiger partial charge in [-0.3, -0.25) is 9.59 Å². The fraction of sp³-hybridized carbons (Fsp3) is 0.0968. The van der Waals surface area contributed by atoms with Gasteiger partial charge in [-0.15, -0.1) is 0 Å². The summed E-state index contributed by atoms with van der Waals surface area (Å²) in [5.74, 6) is -2.61. The number of carboxylic acid groups (broad SMARTS) is 1. The molecule has 0 atom stereocenters. The molecule has 0 saturated carbocycles. The maximum atomic E-state index is 13.6. The maximum Gasteiger partial charge on any atom is 1.00 e. The molecule has 0 spiro atoms. The van der Waals surface area contributed by atoms with Crippen molar-refractivity contribution < 1.29 is 71.0 Å². The van der Waals surface area contributed by atoms with Crippen LogP contribution in [-0.2, 0) is 14.3 Å². The predicted molar refractivity (Wildman–Crippen MR) is 296 cm³/mol. The van der Waals surface area contributed by atoms with Gasteiger partial charge in [0.15, 0.2) is 0 Å². The number of esters is 1. The minimum absolute atomic E-state index is 0. The first-order valence-electron chi connectivity index (χ1n) is 24.2. The van der Waals surface area contributed by atoms with Crippen molar-refractivity contribution in [3.63, 3.8) is 0 Å². The Labute approximate surface area is 460 Å². The number of nitrogens with one attached hydrogen (secondary N) is 2. The zero-order valence-electron chi connectivity index (χ0n) is 43.0. The fourth-order valence-corrected chi connectivity index (χ4v) is 8.79. The van der Waals surface area contributed by atoms with Crippen LogP contribution in [-0.4, -0.2) is 68.1 Å². The van der Waals surface area contributed by atoms with Crippen LogP contribution >= 0.6 is 0 Å². The number of hydrogen-bond acceptors (Lipinski definition) is 10. The number of hydrogen-bond donors (Lipinski definition) is 3. The number of halogens is 2. The number of para-hydroxylation sites is 2. The van der Waals surface area contributed by atoms with Gasteiger partial charge in [-0.2, -0.15) is 0 Å². The molecule has 78 heavy (non-hydrogen) atoms. The number of likely N-dealkylation sites (N-methyl/N-ethyl adjacent to an activating group) is 2. The molecule has 2 amide bonds. The van der Waals surface area contributed by atoms with Crippen molar-refractivity contribution in [2.45, 2.75) is 6.92 Å². The van der Waals surface area contributed by atoms with Crippen LogP contribution in [0.25, 0.3) is 66.8 Å². The van der Waals surface area contributed by atoms with Gasteiger partial charge in [-0.1, -0.05) is 97.1 Å². The van der Waals surface area contributed by atoms with Crippen molar-refractivity contribution in [2.75, 3.05) is 54.2 Å². The first-order valence-corrected chi connectivity index (χ1v) is 24.2. The molecule has 16 heteroatoms. The summed E-state index contributed by atoms with van der Waals surface area (Å²) in [6, 6.07) is 56.2. The number of carboxylic acids is 1. The largest absolute Gasteiger partial charge is 1.00 e. The molecule has 0 saturated heterocycles. The summed E-state index contributed by atoms with van der Waals surface area (Å²) in [5.41, 5.74) is 7.74. The van der Waals surface area contributed by atoms with E-state index in [4.69, 9.17) is 13.6 Å². The van der Waals surface area contributed by atoms with Crippen molar-refractivity contribution in [2.24, 2.45) is 0 Å². The second kappa shape index (κ2) is 25.5. The first-order chi connectivity index (χ1) is 36.8. The summed E-state index contributed by atoms with van der Waals surface area (Å²) in [5, 5.41) is 17.0. The molecule has 10 rings (SSSR count). The van der Waals surface area contributed by atoms with Gasteiger partial charge in [0.1, 0.15) is 45.4 Å². The molecule has 2 heterocycles. The Hall–Kier alpha value is -9.26. The smallest absolute Gasteiger partial charge is 0.870 e. The number of carbonyl (C=O) groups excluding carboxylic acids is 3. The molecular weight excluding hydrogens is 990 g/mol. The number of ether oxygens (including phenoxy) is 1. The number of amides is 2. The Morgan fingerprint density at radius 3 is 1.24 bits per heavy atom. The maximum absolute atomic E-state index is 13.6. The molecule has 2 aromatic heterocycles. The van der Waals surface area contributed by atoms with Gasteiger partial charge in [0.2, 0.25) is 11.8 Å². The zero-order valence-corrected chi connectivity index (χ0v) is 43.0. The third-order valence-corrected chi connectivity index (χ3v) is 12.4. The van der Waals surface area contributed by atoms with Crippen LogP contribution in [0.2, 0.25) is 0 Å². The quantitative estimate of drug-likeness (QED) is 0.0656. The van der Waals surface area contributed by atoms with Crippen LogP contribution in [0.3, 0.4) is 0 Å². The molecule has 0 aliphatic heterocycles. The molecule has 0 unspecified atom stereocenters. The summed E-state index contributed by atoms with van der Waals surface area (Å²) < 4.78 is 44.6. The van der Waals surface area contributed by atoms with Gasteiger partial charge in [0.25, 0.3) is 0 Å². The number of rotatable bonds is 15. The van der Waals surface area contributed by atoms with Crippen LogP contribution in [0.15, 0.2) is 203 Å². The average molecular weight is 1040 g/mol. The average Bonchev–Trinajstić information content (AvgIpc) is 4.03. The van der Waals surface area contributed by atoms with Crippen LogP contribution < -0.4 is 39.3 Å². The number of aromatic carboxylic acids is 1. The molecule has 0 radical (unpaired) electrons. The molecule has 0 bridgehead atoms. The minimum Gasteiger partial charge on any atom is -0.870 e. The molecule has 8 aromatic carbocycles. The minimum atomic E-state index is -1.17. The Bertz CT molecular complexity index is 3690. The molecule has 0 fully saturated rings. The van der Waals surface area contributed by atoms with Crippen LogP contribution in [0.5, 0.6) is 0 Å². The van der Waals surface area contributed by atoms with E-state index in [1.54, 1.807) is 37.3 Å². The van der Waals surface area contributed by atoms with E-state index in [-0.39, 0.29) is 78.5 Å². The van der Waals surface area contributed by atoms with E-state index in [0.29, 0.717) is 50.0 Å². The van der Waals surface area contributed by atoms with E-state index in [1.807, 2.05) is 151 Å². The van der Waals surface area contributed by atoms with Gasteiger partial charge in [0, 0.05) is 70.6 Å². The van der Waals surface area contributed by atoms with Crippen molar-refractivity contribution in [3.05, 3.63) is 217 Å². The molecule has 10 aromatic rings. The van der Waals surface area contributed by atoms with Crippen molar-refractivity contribution in [1.82, 2.24) is 0 Å². The van der Waals surface area contributed by atoms with E-state index in [1.165, 1.54) is 36.4 Å². The van der Waals surface area contributed by atoms with E-state index in [9.17, 15) is 33.1 Å². The third kappa shape index (κ3) is 12.9. The summed E-state index contributed by atoms with van der Waals surface area (Å²) in [7, 11) is 3.68. The summed E-state index contributed by atoms with van der Waals surface area (Å²) >= 11 is 0. The molecule has 13 nitrogen and oxygen atoms in total. The number of furan rings is 2. The van der Waals surface area contributed by atoms with Crippen molar-refractivity contribution >= 4 is 68.4 Å². The molecule has 0 aliphatic carbocycles. The van der Waals surface area contributed by atoms with Crippen molar-refractivity contribution in [3.8, 4) is 44.9 Å². The van der Waals surface area contributed by atoms with Gasteiger partial charge < -0.3 is 44.6 Å². The van der Waals surface area contributed by atoms with Crippen LogP contribution in [0.1, 0.15) is 27.6 Å². The molecular formula is C62H51F2LiN4O9.